The van der Waals surface area contributed by atoms with Crippen molar-refractivity contribution in [2.75, 3.05) is 0 Å². The molecule has 4 rings (SSSR count). The first-order chi connectivity index (χ1) is 12.2. The van der Waals surface area contributed by atoms with E-state index in [9.17, 15) is 0 Å². The number of nitrogens with zero attached hydrogens (tertiary/aromatic N) is 1. The number of hydrogen-bond donors (Lipinski definition) is 1. The average molecular weight is 385 g/mol. The van der Waals surface area contributed by atoms with Crippen LogP contribution < -0.4 is 0 Å². The number of benzene rings is 2. The van der Waals surface area contributed by atoms with Crippen LogP contribution in [0.2, 0.25) is 10.0 Å². The Morgan fingerprint density at radius 1 is 0.960 bits per heavy atom. The normalized spacial score (nSPS) is 11.0. The van der Waals surface area contributed by atoms with Gasteiger partial charge in [-0.3, -0.25) is 0 Å². The first kappa shape index (κ1) is 16.4. The van der Waals surface area contributed by atoms with Crippen molar-refractivity contribution in [1.82, 2.24) is 9.97 Å². The second-order valence-corrected chi connectivity index (χ2v) is 7.53. The smallest absolute Gasteiger partial charge is 0.112 e. The molecule has 0 spiro atoms. The Bertz CT molecular complexity index is 992. The quantitative estimate of drug-likeness (QED) is 0.416. The summed E-state index contributed by atoms with van der Waals surface area (Å²) < 4.78 is 0. The Labute approximate surface area is 160 Å². The monoisotopic (exact) mass is 384 g/mol. The molecular weight excluding hydrogens is 371 g/mol. The second kappa shape index (κ2) is 7.04. The number of imidazole rings is 1. The molecule has 2 heterocycles. The highest BCUT2D eigenvalue weighted by Crippen LogP contribution is 2.36. The summed E-state index contributed by atoms with van der Waals surface area (Å²) in [5.74, 6) is 0.919. The van der Waals surface area contributed by atoms with Crippen molar-refractivity contribution in [1.29, 1.82) is 0 Å². The molecule has 1 N–H and O–H groups in total. The van der Waals surface area contributed by atoms with Gasteiger partial charge in [0, 0.05) is 27.4 Å². The highest BCUT2D eigenvalue weighted by molar-refractivity contribution is 7.09. The lowest BCUT2D eigenvalue weighted by molar-refractivity contribution is 1.05. The number of H-pyrrole nitrogens is 1. The number of hydrogen-bond acceptors (Lipinski definition) is 2. The van der Waals surface area contributed by atoms with Crippen LogP contribution in [-0.4, -0.2) is 9.97 Å². The molecule has 2 aromatic carbocycles. The van der Waals surface area contributed by atoms with Gasteiger partial charge in [0.25, 0.3) is 0 Å². The van der Waals surface area contributed by atoms with E-state index in [2.05, 4.69) is 34.6 Å². The summed E-state index contributed by atoms with van der Waals surface area (Å²) in [6.45, 7) is 0. The van der Waals surface area contributed by atoms with Crippen molar-refractivity contribution >= 4 is 34.5 Å². The van der Waals surface area contributed by atoms with Crippen molar-refractivity contribution in [2.45, 2.75) is 6.42 Å². The summed E-state index contributed by atoms with van der Waals surface area (Å²) in [6.07, 6.45) is 0.767. The molecule has 0 aliphatic rings. The highest BCUT2D eigenvalue weighted by Gasteiger charge is 2.17. The maximum Gasteiger partial charge on any atom is 0.112 e. The van der Waals surface area contributed by atoms with Crippen LogP contribution in [0.25, 0.3) is 22.5 Å². The summed E-state index contributed by atoms with van der Waals surface area (Å²) in [5.41, 5.74) is 3.77. The van der Waals surface area contributed by atoms with Gasteiger partial charge in [0.2, 0.25) is 0 Å². The molecule has 25 heavy (non-hydrogen) atoms. The van der Waals surface area contributed by atoms with Crippen molar-refractivity contribution in [3.05, 3.63) is 86.8 Å². The zero-order chi connectivity index (χ0) is 17.2. The summed E-state index contributed by atoms with van der Waals surface area (Å²) in [5, 5.41) is 3.29. The predicted octanol–water partition coefficient (Wildman–Crippen LogP) is 6.70. The number of thiophene rings is 1. The molecule has 0 radical (unpaired) electrons. The van der Waals surface area contributed by atoms with Gasteiger partial charge in [-0.05, 0) is 29.6 Å². The minimum Gasteiger partial charge on any atom is -0.341 e. The fourth-order valence-corrected chi connectivity index (χ4v) is 3.98. The van der Waals surface area contributed by atoms with Gasteiger partial charge in [0.05, 0.1) is 16.4 Å². The van der Waals surface area contributed by atoms with E-state index in [-0.39, 0.29) is 0 Å². The van der Waals surface area contributed by atoms with Gasteiger partial charge in [0.1, 0.15) is 5.82 Å². The van der Waals surface area contributed by atoms with Crippen LogP contribution in [0.15, 0.2) is 66.0 Å². The fourth-order valence-electron chi connectivity index (χ4n) is 2.77. The third-order valence-electron chi connectivity index (χ3n) is 3.92. The zero-order valence-electron chi connectivity index (χ0n) is 13.2. The maximum atomic E-state index is 6.44. The summed E-state index contributed by atoms with van der Waals surface area (Å²) in [4.78, 5) is 9.59. The predicted molar refractivity (Wildman–Crippen MR) is 107 cm³/mol. The van der Waals surface area contributed by atoms with Crippen LogP contribution in [0, 0.1) is 0 Å². The van der Waals surface area contributed by atoms with Gasteiger partial charge in [-0.2, -0.15) is 0 Å². The van der Waals surface area contributed by atoms with Crippen LogP contribution >= 0.6 is 34.5 Å². The number of halogens is 2. The molecule has 4 aromatic rings. The molecular formula is C20H14Cl2N2S. The number of rotatable bonds is 4. The third-order valence-corrected chi connectivity index (χ3v) is 5.35. The Morgan fingerprint density at radius 3 is 2.52 bits per heavy atom. The molecule has 0 amide bonds. The minimum absolute atomic E-state index is 0.596. The lowest BCUT2D eigenvalue weighted by atomic mass is 10.1. The van der Waals surface area contributed by atoms with Crippen molar-refractivity contribution in [2.24, 2.45) is 0 Å². The first-order valence-electron chi connectivity index (χ1n) is 7.83. The Kier molecular flexibility index (Phi) is 4.62. The largest absolute Gasteiger partial charge is 0.341 e. The molecule has 0 atom stereocenters. The first-order valence-corrected chi connectivity index (χ1v) is 9.46. The lowest BCUT2D eigenvalue weighted by Crippen LogP contribution is -1.87. The van der Waals surface area contributed by atoms with Crippen LogP contribution in [0.4, 0.5) is 0 Å². The van der Waals surface area contributed by atoms with Crippen molar-refractivity contribution in [3.63, 3.8) is 0 Å². The van der Waals surface area contributed by atoms with Crippen LogP contribution in [0.5, 0.6) is 0 Å². The molecule has 2 aromatic heterocycles. The summed E-state index contributed by atoms with van der Waals surface area (Å²) in [6, 6.07) is 19.8. The molecule has 0 saturated carbocycles. The maximum absolute atomic E-state index is 6.44. The SMILES string of the molecule is Clc1ccc(-c2nc(Cc3cccs3)[nH]c2-c2ccccc2)c(Cl)c1. The van der Waals surface area contributed by atoms with Gasteiger partial charge in [-0.1, -0.05) is 59.6 Å². The Morgan fingerprint density at radius 2 is 1.80 bits per heavy atom. The van der Waals surface area contributed by atoms with Gasteiger partial charge in [-0.15, -0.1) is 11.3 Å². The topological polar surface area (TPSA) is 28.7 Å². The molecule has 0 aliphatic carbocycles. The van der Waals surface area contributed by atoms with Crippen LogP contribution in [-0.2, 0) is 6.42 Å². The van der Waals surface area contributed by atoms with E-state index >= 15 is 0 Å². The Balaban J connectivity index is 1.84. The van der Waals surface area contributed by atoms with Gasteiger partial charge in [0.15, 0.2) is 0 Å². The van der Waals surface area contributed by atoms with Crippen LogP contribution in [0.1, 0.15) is 10.7 Å². The lowest BCUT2D eigenvalue weighted by Gasteiger charge is -2.05. The van der Waals surface area contributed by atoms with E-state index in [1.165, 1.54) is 4.88 Å². The number of nitrogens with one attached hydrogen (secondary N) is 1. The average Bonchev–Trinajstić information content (AvgIpc) is 3.26. The van der Waals surface area contributed by atoms with E-state index in [0.29, 0.717) is 10.0 Å². The standard InChI is InChI=1S/C20H14Cl2N2S/c21-14-8-9-16(17(22)11-14)20-19(13-5-2-1-3-6-13)23-18(24-20)12-15-7-4-10-25-15/h1-11H,12H2,(H,23,24). The van der Waals surface area contributed by atoms with Gasteiger partial charge < -0.3 is 4.98 Å². The second-order valence-electron chi connectivity index (χ2n) is 5.65. The third kappa shape index (κ3) is 3.49. The minimum atomic E-state index is 0.596. The Hall–Kier alpha value is -2.07. The van der Waals surface area contributed by atoms with E-state index in [1.54, 1.807) is 17.4 Å². The van der Waals surface area contributed by atoms with Gasteiger partial charge in [-0.25, -0.2) is 4.98 Å². The van der Waals surface area contributed by atoms with Gasteiger partial charge >= 0.3 is 0 Å². The van der Waals surface area contributed by atoms with E-state index < -0.39 is 0 Å². The number of aromatic amines is 1. The van der Waals surface area contributed by atoms with Crippen molar-refractivity contribution < 1.29 is 0 Å². The zero-order valence-corrected chi connectivity index (χ0v) is 15.5. The molecule has 0 bridgehead atoms. The number of aromatic nitrogens is 2. The van der Waals surface area contributed by atoms with E-state index in [1.807, 2.05) is 30.3 Å². The highest BCUT2D eigenvalue weighted by atomic mass is 35.5. The summed E-state index contributed by atoms with van der Waals surface area (Å²) >= 11 is 14.2. The molecule has 0 aliphatic heterocycles. The fraction of sp³-hybridized carbons (Fsp3) is 0.0500. The van der Waals surface area contributed by atoms with E-state index in [0.717, 1.165) is 34.8 Å². The molecule has 0 fully saturated rings. The molecule has 124 valence electrons. The van der Waals surface area contributed by atoms with Crippen molar-refractivity contribution in [3.8, 4) is 22.5 Å². The summed E-state index contributed by atoms with van der Waals surface area (Å²) in [7, 11) is 0. The molecule has 2 nitrogen and oxygen atoms in total. The molecule has 0 saturated heterocycles. The molecule has 5 heteroatoms. The van der Waals surface area contributed by atoms with Crippen LogP contribution in [0.3, 0.4) is 0 Å². The van der Waals surface area contributed by atoms with E-state index in [4.69, 9.17) is 28.2 Å². The molecule has 0 unspecified atom stereocenters.